The Kier molecular flexibility index (Phi) is 5.96. The number of aromatic hydroxyl groups is 2. The van der Waals surface area contributed by atoms with Crippen LogP contribution in [0.1, 0.15) is 36.1 Å². The molecule has 3 aromatic carbocycles. The molecule has 32 heavy (non-hydrogen) atoms. The van der Waals surface area contributed by atoms with E-state index in [1.165, 1.54) is 71.6 Å². The lowest BCUT2D eigenvalue weighted by atomic mass is 9.92. The van der Waals surface area contributed by atoms with Crippen molar-refractivity contribution in [3.63, 3.8) is 0 Å². The van der Waals surface area contributed by atoms with Gasteiger partial charge in [0, 0.05) is 17.3 Å². The number of carbonyl (C=O) groups is 1. The minimum absolute atomic E-state index is 0.125. The molecule has 0 unspecified atom stereocenters. The summed E-state index contributed by atoms with van der Waals surface area (Å²) in [4.78, 5) is 14.3. The summed E-state index contributed by atoms with van der Waals surface area (Å²) in [5, 5.41) is 33.5. The van der Waals surface area contributed by atoms with Crippen LogP contribution in [-0.4, -0.2) is 27.4 Å². The van der Waals surface area contributed by atoms with E-state index in [2.05, 4.69) is 5.32 Å². The van der Waals surface area contributed by atoms with Crippen molar-refractivity contribution in [1.29, 1.82) is 0 Å². The number of phenolic OH excluding ortho intramolecular Hbond substituents is 2. The Morgan fingerprint density at radius 3 is 2.19 bits per heavy atom. The first-order valence-corrected chi connectivity index (χ1v) is 10.1. The molecular weight excluding hydrogens is 418 g/mol. The van der Waals surface area contributed by atoms with Crippen LogP contribution in [0.3, 0.4) is 0 Å². The van der Waals surface area contributed by atoms with Crippen molar-refractivity contribution < 1.29 is 28.9 Å². The number of nitrogens with one attached hydrogen (secondary N) is 1. The van der Waals surface area contributed by atoms with Gasteiger partial charge in [0.1, 0.15) is 23.1 Å². The third kappa shape index (κ3) is 4.36. The molecule has 0 bridgehead atoms. The number of hydrogen-bond acceptors (Lipinski definition) is 4. The van der Waals surface area contributed by atoms with E-state index >= 15 is 0 Å². The summed E-state index contributed by atoms with van der Waals surface area (Å²) in [5.41, 5.74) is 1.38. The van der Waals surface area contributed by atoms with Crippen LogP contribution in [0.5, 0.6) is 11.5 Å². The summed E-state index contributed by atoms with van der Waals surface area (Å²) < 4.78 is 26.6. The minimum Gasteiger partial charge on any atom is -0.508 e. The molecule has 1 aliphatic heterocycles. The highest BCUT2D eigenvalue weighted by Gasteiger charge is 2.42. The highest BCUT2D eigenvalue weighted by atomic mass is 19.1. The number of hydrogen-bond donors (Lipinski definition) is 4. The van der Waals surface area contributed by atoms with Gasteiger partial charge in [-0.2, -0.15) is 0 Å². The zero-order valence-corrected chi connectivity index (χ0v) is 17.0. The highest BCUT2D eigenvalue weighted by Crippen LogP contribution is 2.41. The smallest absolute Gasteiger partial charge is 0.322 e. The van der Waals surface area contributed by atoms with Crippen LogP contribution in [0.2, 0.25) is 0 Å². The second kappa shape index (κ2) is 8.84. The van der Waals surface area contributed by atoms with Crippen molar-refractivity contribution in [3.05, 3.63) is 89.5 Å². The molecule has 0 radical (unpaired) electrons. The lowest BCUT2D eigenvalue weighted by molar-refractivity contribution is 0.159. The van der Waals surface area contributed by atoms with Crippen LogP contribution >= 0.6 is 0 Å². The van der Waals surface area contributed by atoms with E-state index in [0.717, 1.165) is 0 Å². The Morgan fingerprint density at radius 2 is 1.56 bits per heavy atom. The SMILES string of the molecule is O=C1N[C@@H](CC[C@H](O)c2ccc(F)cc2)[C@@H](c2ccc(O)cc2O)N1c1ccc(F)cc1. The molecule has 1 heterocycles. The summed E-state index contributed by atoms with van der Waals surface area (Å²) in [7, 11) is 0. The quantitative estimate of drug-likeness (QED) is 0.453. The molecule has 0 aliphatic carbocycles. The first-order valence-electron chi connectivity index (χ1n) is 10.1. The second-order valence-electron chi connectivity index (χ2n) is 7.74. The van der Waals surface area contributed by atoms with Crippen molar-refractivity contribution in [2.24, 2.45) is 0 Å². The molecule has 0 aromatic heterocycles. The van der Waals surface area contributed by atoms with E-state index in [4.69, 9.17) is 0 Å². The van der Waals surface area contributed by atoms with Crippen LogP contribution in [0, 0.1) is 11.6 Å². The maximum atomic E-state index is 13.4. The van der Waals surface area contributed by atoms with Gasteiger partial charge in [-0.15, -0.1) is 0 Å². The Morgan fingerprint density at radius 1 is 0.938 bits per heavy atom. The highest BCUT2D eigenvalue weighted by molar-refractivity contribution is 5.96. The van der Waals surface area contributed by atoms with Gasteiger partial charge in [-0.05, 0) is 66.9 Å². The number of rotatable bonds is 6. The van der Waals surface area contributed by atoms with Gasteiger partial charge < -0.3 is 20.6 Å². The lowest BCUT2D eigenvalue weighted by Gasteiger charge is -2.28. The zero-order valence-electron chi connectivity index (χ0n) is 17.0. The predicted octanol–water partition coefficient (Wildman–Crippen LogP) is 4.53. The fourth-order valence-electron chi connectivity index (χ4n) is 4.05. The number of aliphatic hydroxyl groups is 1. The number of amides is 2. The normalized spacial score (nSPS) is 19.1. The van der Waals surface area contributed by atoms with Crippen LogP contribution in [0.4, 0.5) is 19.3 Å². The van der Waals surface area contributed by atoms with Crippen LogP contribution in [0.25, 0.3) is 0 Å². The predicted molar refractivity (Wildman–Crippen MR) is 114 cm³/mol. The Hall–Kier alpha value is -3.65. The Labute approximate surface area is 183 Å². The molecule has 4 rings (SSSR count). The Balaban J connectivity index is 1.63. The lowest BCUT2D eigenvalue weighted by Crippen LogP contribution is -2.29. The summed E-state index contributed by atoms with van der Waals surface area (Å²) in [6.45, 7) is 0. The maximum absolute atomic E-state index is 13.4. The van der Waals surface area contributed by atoms with E-state index < -0.39 is 35.9 Å². The van der Waals surface area contributed by atoms with E-state index in [1.807, 2.05) is 0 Å². The van der Waals surface area contributed by atoms with Crippen LogP contribution in [0.15, 0.2) is 66.7 Å². The molecule has 6 nitrogen and oxygen atoms in total. The third-order valence-electron chi connectivity index (χ3n) is 5.63. The van der Waals surface area contributed by atoms with Gasteiger partial charge in [-0.25, -0.2) is 13.6 Å². The second-order valence-corrected chi connectivity index (χ2v) is 7.74. The van der Waals surface area contributed by atoms with Gasteiger partial charge in [0.15, 0.2) is 0 Å². The monoisotopic (exact) mass is 440 g/mol. The molecule has 2 amide bonds. The molecule has 4 N–H and O–H groups in total. The van der Waals surface area contributed by atoms with Gasteiger partial charge in [-0.3, -0.25) is 4.90 Å². The summed E-state index contributed by atoms with van der Waals surface area (Å²) in [6.07, 6.45) is -0.266. The number of phenols is 2. The molecule has 3 aromatic rings. The summed E-state index contributed by atoms with van der Waals surface area (Å²) in [5.74, 6) is -1.17. The minimum atomic E-state index is -0.874. The third-order valence-corrected chi connectivity index (χ3v) is 5.63. The number of carbonyl (C=O) groups excluding carboxylic acids is 1. The standard InChI is InChI=1S/C24H22F2N2O4/c25-15-3-1-14(2-4-15)21(30)12-11-20-23(19-10-9-18(29)13-22(19)31)28(24(32)27-20)17-7-5-16(26)6-8-17/h1-10,13,20-21,23,29-31H,11-12H2,(H,27,32)/t20-,21-,23+/m0/s1. The maximum Gasteiger partial charge on any atom is 0.322 e. The van der Waals surface area contributed by atoms with Gasteiger partial charge in [0.25, 0.3) is 0 Å². The van der Waals surface area contributed by atoms with Crippen molar-refractivity contribution >= 4 is 11.7 Å². The van der Waals surface area contributed by atoms with Gasteiger partial charge in [-0.1, -0.05) is 12.1 Å². The fraction of sp³-hybridized carbons (Fsp3) is 0.208. The van der Waals surface area contributed by atoms with E-state index in [-0.39, 0.29) is 17.9 Å². The number of benzene rings is 3. The van der Waals surface area contributed by atoms with Crippen molar-refractivity contribution in [3.8, 4) is 11.5 Å². The molecule has 3 atom stereocenters. The van der Waals surface area contributed by atoms with Gasteiger partial charge in [0.2, 0.25) is 0 Å². The van der Waals surface area contributed by atoms with Crippen LogP contribution in [-0.2, 0) is 0 Å². The molecule has 1 saturated heterocycles. The van der Waals surface area contributed by atoms with Crippen LogP contribution < -0.4 is 10.2 Å². The number of halogens is 2. The number of urea groups is 1. The van der Waals surface area contributed by atoms with Gasteiger partial charge in [0.05, 0.1) is 18.2 Å². The largest absolute Gasteiger partial charge is 0.508 e. The number of anilines is 1. The number of nitrogens with zero attached hydrogens (tertiary/aromatic N) is 1. The summed E-state index contributed by atoms with van der Waals surface area (Å²) >= 11 is 0. The Bertz CT molecular complexity index is 1110. The first-order chi connectivity index (χ1) is 15.3. The molecule has 166 valence electrons. The molecule has 1 aliphatic rings. The first kappa shape index (κ1) is 21.6. The van der Waals surface area contributed by atoms with Crippen molar-refractivity contribution in [1.82, 2.24) is 5.32 Å². The molecule has 8 heteroatoms. The zero-order chi connectivity index (χ0) is 22.8. The average Bonchev–Trinajstić information content (AvgIpc) is 3.09. The topological polar surface area (TPSA) is 93.0 Å². The van der Waals surface area contributed by atoms with E-state index in [0.29, 0.717) is 23.2 Å². The van der Waals surface area contributed by atoms with Crippen molar-refractivity contribution in [2.45, 2.75) is 31.0 Å². The number of aliphatic hydroxyl groups excluding tert-OH is 1. The van der Waals surface area contributed by atoms with Crippen molar-refractivity contribution in [2.75, 3.05) is 4.90 Å². The van der Waals surface area contributed by atoms with E-state index in [1.54, 1.807) is 0 Å². The molecule has 0 spiro atoms. The molecule has 0 saturated carbocycles. The van der Waals surface area contributed by atoms with E-state index in [9.17, 15) is 28.9 Å². The molecular formula is C24H22F2N2O4. The summed E-state index contributed by atoms with van der Waals surface area (Å²) in [6, 6.07) is 13.5. The molecule has 1 fully saturated rings. The average molecular weight is 440 g/mol. The van der Waals surface area contributed by atoms with Gasteiger partial charge >= 0.3 is 6.03 Å². The fourth-order valence-corrected chi connectivity index (χ4v) is 4.05.